The molecule has 1 aromatic heterocycles. The number of H-pyrrole nitrogens is 1. The van der Waals surface area contributed by atoms with Crippen LogP contribution in [0.4, 0.5) is 42.1 Å². The van der Waals surface area contributed by atoms with Gasteiger partial charge < -0.3 is 41.0 Å². The number of carboxylic acids is 2. The fourth-order valence-corrected chi connectivity index (χ4v) is 4.16. The Labute approximate surface area is 302 Å². The fraction of sp³-hybridized carbons (Fsp3) is 0.265. The molecule has 0 aliphatic heterocycles. The third kappa shape index (κ3) is 13.7. The molecule has 20 heteroatoms. The van der Waals surface area contributed by atoms with Crippen molar-refractivity contribution in [1.82, 2.24) is 9.97 Å². The number of hydrogen-bond donors (Lipinski definition) is 7. The molecule has 4 aromatic rings. The van der Waals surface area contributed by atoms with Crippen LogP contribution in [0.1, 0.15) is 50.7 Å². The number of halogens is 7. The zero-order valence-corrected chi connectivity index (χ0v) is 28.8. The Morgan fingerprint density at radius 2 is 1.44 bits per heavy atom. The van der Waals surface area contributed by atoms with Gasteiger partial charge in [-0.15, -0.1) is 0 Å². The molecule has 292 valence electrons. The van der Waals surface area contributed by atoms with Crippen LogP contribution < -0.4 is 25.8 Å². The highest BCUT2D eigenvalue weighted by Gasteiger charge is 2.39. The second-order valence-corrected chi connectivity index (χ2v) is 11.0. The van der Waals surface area contributed by atoms with Gasteiger partial charge in [-0.25, -0.2) is 19.0 Å². The number of nitrogens with two attached hydrogens (primary N) is 1. The van der Waals surface area contributed by atoms with Gasteiger partial charge in [0.2, 0.25) is 5.91 Å². The second kappa shape index (κ2) is 18.9. The maximum Gasteiger partial charge on any atom is 0.490 e. The molecule has 0 aliphatic rings. The van der Waals surface area contributed by atoms with Crippen molar-refractivity contribution >= 4 is 35.1 Å². The summed E-state index contributed by atoms with van der Waals surface area (Å²) in [6.45, 7) is 7.36. The van der Waals surface area contributed by atoms with E-state index in [1.807, 2.05) is 32.9 Å². The first-order valence-corrected chi connectivity index (χ1v) is 15.4. The van der Waals surface area contributed by atoms with Crippen molar-refractivity contribution in [2.45, 2.75) is 52.2 Å². The molecule has 54 heavy (non-hydrogen) atoms. The quantitative estimate of drug-likeness (QED) is 0.0466. The lowest BCUT2D eigenvalue weighted by molar-refractivity contribution is -0.193. The molecule has 1 atom stereocenters. The minimum atomic E-state index is -5.08. The summed E-state index contributed by atoms with van der Waals surface area (Å²) in [4.78, 5) is 37.1. The highest BCUT2D eigenvalue weighted by Crippen LogP contribution is 2.36. The molecule has 1 heterocycles. The summed E-state index contributed by atoms with van der Waals surface area (Å²) < 4.78 is 91.0. The number of hydrogen-bond acceptors (Lipinski definition) is 8. The van der Waals surface area contributed by atoms with E-state index >= 15 is 4.39 Å². The minimum absolute atomic E-state index is 0.0470. The predicted molar refractivity (Wildman–Crippen MR) is 182 cm³/mol. The van der Waals surface area contributed by atoms with Crippen molar-refractivity contribution in [3.8, 4) is 22.8 Å². The summed E-state index contributed by atoms with van der Waals surface area (Å²) in [7, 11) is 0. The van der Waals surface area contributed by atoms with Gasteiger partial charge in [0.1, 0.15) is 23.5 Å². The van der Waals surface area contributed by atoms with E-state index in [0.29, 0.717) is 40.8 Å². The maximum absolute atomic E-state index is 16.0. The molecular weight excluding hydrogens is 737 g/mol. The van der Waals surface area contributed by atoms with Crippen LogP contribution in [-0.4, -0.2) is 68.9 Å². The highest BCUT2D eigenvalue weighted by atomic mass is 19.4. The number of imidazole rings is 1. The monoisotopic (exact) mass is 772 g/mol. The Hall–Kier alpha value is -6.34. The number of carboxylic acid groups (broad SMARTS) is 2. The summed E-state index contributed by atoms with van der Waals surface area (Å²) in [5, 5.41) is 28.0. The van der Waals surface area contributed by atoms with Crippen LogP contribution in [0.2, 0.25) is 0 Å². The molecule has 0 saturated carbocycles. The molecule has 4 rings (SSSR count). The minimum Gasteiger partial charge on any atom is -0.494 e. The number of amides is 1. The maximum atomic E-state index is 16.0. The molecule has 13 nitrogen and oxygen atoms in total. The Balaban J connectivity index is 0.000000610. The molecule has 8 N–H and O–H groups in total. The van der Waals surface area contributed by atoms with Gasteiger partial charge in [-0.2, -0.15) is 26.3 Å². The third-order valence-corrected chi connectivity index (χ3v) is 6.39. The van der Waals surface area contributed by atoms with Crippen molar-refractivity contribution in [1.29, 1.82) is 5.41 Å². The Kier molecular flexibility index (Phi) is 15.4. The van der Waals surface area contributed by atoms with Crippen LogP contribution in [0.5, 0.6) is 11.5 Å². The second-order valence-electron chi connectivity index (χ2n) is 11.0. The smallest absolute Gasteiger partial charge is 0.490 e. The van der Waals surface area contributed by atoms with Gasteiger partial charge in [0, 0.05) is 47.3 Å². The van der Waals surface area contributed by atoms with Gasteiger partial charge in [0.15, 0.2) is 11.6 Å². The van der Waals surface area contributed by atoms with Crippen LogP contribution in [-0.2, 0) is 14.4 Å². The molecule has 1 unspecified atom stereocenters. The van der Waals surface area contributed by atoms with E-state index in [1.165, 1.54) is 6.92 Å². The van der Waals surface area contributed by atoms with Crippen molar-refractivity contribution in [2.75, 3.05) is 17.2 Å². The topological polar surface area (TPSA) is 213 Å². The number of aromatic amines is 1. The van der Waals surface area contributed by atoms with Gasteiger partial charge in [-0.05, 0) is 63.2 Å². The number of benzene rings is 3. The number of nitrogens with zero attached hydrogens (tertiary/aromatic N) is 1. The number of aliphatic carboxylic acids is 2. The molecule has 0 radical (unpaired) electrons. The fourth-order valence-electron chi connectivity index (χ4n) is 4.16. The zero-order chi connectivity index (χ0) is 41.0. The Morgan fingerprint density at radius 3 is 1.89 bits per heavy atom. The van der Waals surface area contributed by atoms with Crippen LogP contribution >= 0.6 is 0 Å². The third-order valence-electron chi connectivity index (χ3n) is 6.39. The van der Waals surface area contributed by atoms with Crippen LogP contribution in [0, 0.1) is 11.2 Å². The van der Waals surface area contributed by atoms with E-state index in [2.05, 4.69) is 15.6 Å². The zero-order valence-electron chi connectivity index (χ0n) is 28.8. The Bertz CT molecular complexity index is 1870. The molecule has 0 saturated heterocycles. The highest BCUT2D eigenvalue weighted by molar-refractivity contribution is 5.95. The number of carbonyl (C=O) groups is 3. The largest absolute Gasteiger partial charge is 0.494 e. The number of aromatic nitrogens is 2. The van der Waals surface area contributed by atoms with E-state index in [4.69, 9.17) is 45.4 Å². The summed E-state index contributed by atoms with van der Waals surface area (Å²) in [6, 6.07) is 16.7. The summed E-state index contributed by atoms with van der Waals surface area (Å²) in [5.41, 5.74) is 9.25. The average molecular weight is 773 g/mol. The van der Waals surface area contributed by atoms with Crippen molar-refractivity contribution in [3.05, 3.63) is 89.6 Å². The molecule has 3 aromatic carbocycles. The number of alkyl halides is 6. The molecule has 0 fully saturated rings. The number of amidine groups is 1. The van der Waals surface area contributed by atoms with E-state index in [0.717, 1.165) is 5.56 Å². The van der Waals surface area contributed by atoms with Crippen LogP contribution in [0.3, 0.4) is 0 Å². The lowest BCUT2D eigenvalue weighted by Gasteiger charge is -2.22. The van der Waals surface area contributed by atoms with Gasteiger partial charge in [0.05, 0.1) is 18.4 Å². The SMILES string of the molecule is CCOc1cc(OC(C)C)c(F)c(C(Nc2ccc(C(=N)N)cc2)c2nc(-c3ccc(NC(C)=O)cc3)c[nH]2)c1.O=C(O)C(F)(F)F.O=C(O)C(F)(F)F. The first kappa shape index (κ1) is 43.8. The predicted octanol–water partition coefficient (Wildman–Crippen LogP) is 7.11. The standard InChI is InChI=1S/C30H33FN6O3.2C2HF3O2/c1-5-39-23-14-24(27(31)26(15-23)40-17(2)3)28(36-22-12-8-20(9-13-22)29(32)33)30-34-16-25(37-30)19-6-10-21(11-7-19)35-18(4)38;2*3-2(4,5)1(6)7/h6-17,28,36H,5H2,1-4H3,(H3,32,33)(H,34,37)(H,35,38);2*(H,6,7). The molecule has 0 spiro atoms. The number of nitrogens with one attached hydrogen (secondary N) is 4. The summed E-state index contributed by atoms with van der Waals surface area (Å²) >= 11 is 0. The van der Waals surface area contributed by atoms with E-state index < -0.39 is 36.2 Å². The van der Waals surface area contributed by atoms with Crippen molar-refractivity contribution < 1.29 is 64.8 Å². The first-order chi connectivity index (χ1) is 25.0. The lowest BCUT2D eigenvalue weighted by Crippen LogP contribution is -2.21. The number of ether oxygens (including phenoxy) is 2. The van der Waals surface area contributed by atoms with Crippen LogP contribution in [0.15, 0.2) is 66.9 Å². The first-order valence-electron chi connectivity index (χ1n) is 15.4. The lowest BCUT2D eigenvalue weighted by atomic mass is 10.0. The van der Waals surface area contributed by atoms with Gasteiger partial charge >= 0.3 is 24.3 Å². The molecule has 0 bridgehead atoms. The normalized spacial score (nSPS) is 11.6. The summed E-state index contributed by atoms with van der Waals surface area (Å²) in [5.74, 6) is -5.25. The van der Waals surface area contributed by atoms with E-state index in [1.54, 1.807) is 54.7 Å². The average Bonchev–Trinajstić information content (AvgIpc) is 3.55. The molecule has 1 amide bonds. The molecule has 0 aliphatic carbocycles. The van der Waals surface area contributed by atoms with Gasteiger partial charge in [-0.1, -0.05) is 12.1 Å². The summed E-state index contributed by atoms with van der Waals surface area (Å²) in [6.07, 6.45) is -8.67. The number of anilines is 2. The number of carbonyl (C=O) groups excluding carboxylic acids is 1. The van der Waals surface area contributed by atoms with Gasteiger partial charge in [-0.3, -0.25) is 10.2 Å². The van der Waals surface area contributed by atoms with Crippen molar-refractivity contribution in [2.24, 2.45) is 5.73 Å². The molecular formula is C34H35F7N6O7. The van der Waals surface area contributed by atoms with E-state index in [9.17, 15) is 31.1 Å². The van der Waals surface area contributed by atoms with Crippen LogP contribution in [0.25, 0.3) is 11.3 Å². The van der Waals surface area contributed by atoms with E-state index in [-0.39, 0.29) is 29.2 Å². The number of rotatable bonds is 11. The van der Waals surface area contributed by atoms with Gasteiger partial charge in [0.25, 0.3) is 0 Å². The van der Waals surface area contributed by atoms with Crippen molar-refractivity contribution in [3.63, 3.8) is 0 Å². The Morgan fingerprint density at radius 1 is 0.926 bits per heavy atom. The number of nitrogen functional groups attached to an aromatic ring is 1.